The number of nitrogens with zero attached hydrogens (tertiary/aromatic N) is 3. The number of amides is 1. The Kier molecular flexibility index (Phi) is 5.76. The normalized spacial score (nSPS) is 25.6. The molecule has 2 heterocycles. The van der Waals surface area contributed by atoms with Gasteiger partial charge in [0.2, 0.25) is 0 Å². The Morgan fingerprint density at radius 1 is 1.13 bits per heavy atom. The molecule has 8 heteroatoms. The zero-order valence-electron chi connectivity index (χ0n) is 17.2. The summed E-state index contributed by atoms with van der Waals surface area (Å²) >= 11 is 0. The Morgan fingerprint density at radius 2 is 1.83 bits per heavy atom. The van der Waals surface area contributed by atoms with Gasteiger partial charge in [0.1, 0.15) is 17.5 Å². The van der Waals surface area contributed by atoms with E-state index in [0.29, 0.717) is 42.9 Å². The summed E-state index contributed by atoms with van der Waals surface area (Å²) in [5.41, 5.74) is 0.916. The van der Waals surface area contributed by atoms with E-state index in [2.05, 4.69) is 5.10 Å². The van der Waals surface area contributed by atoms with Crippen LogP contribution < -0.4 is 4.74 Å². The predicted molar refractivity (Wildman–Crippen MR) is 108 cm³/mol. The van der Waals surface area contributed by atoms with Crippen molar-refractivity contribution >= 4 is 11.9 Å². The van der Waals surface area contributed by atoms with Crippen LogP contribution in [0.3, 0.4) is 0 Å². The number of aliphatic hydroxyl groups excluding tert-OH is 1. The van der Waals surface area contributed by atoms with Gasteiger partial charge in [-0.25, -0.2) is 4.79 Å². The molecule has 8 nitrogen and oxygen atoms in total. The van der Waals surface area contributed by atoms with Crippen molar-refractivity contribution in [2.75, 3.05) is 20.2 Å². The fourth-order valence-corrected chi connectivity index (χ4v) is 4.46. The number of carbonyl (C=O) groups excluding carboxylic acids is 2. The molecule has 2 fully saturated rings. The first-order valence-electron chi connectivity index (χ1n) is 10.3. The number of carbonyl (C=O) groups is 2. The summed E-state index contributed by atoms with van der Waals surface area (Å²) in [6, 6.07) is 8.46. The molecule has 1 aromatic carbocycles. The van der Waals surface area contributed by atoms with Crippen LogP contribution in [0.1, 0.15) is 40.6 Å². The van der Waals surface area contributed by atoms with Crippen LogP contribution in [0.5, 0.6) is 5.75 Å². The van der Waals surface area contributed by atoms with Gasteiger partial charge in [-0.15, -0.1) is 0 Å². The lowest BCUT2D eigenvalue weighted by molar-refractivity contribution is -0.0231. The van der Waals surface area contributed by atoms with E-state index >= 15 is 0 Å². The summed E-state index contributed by atoms with van der Waals surface area (Å²) in [5, 5.41) is 14.9. The van der Waals surface area contributed by atoms with E-state index in [-0.39, 0.29) is 23.8 Å². The molecule has 4 rings (SSSR count). The third-order valence-electron chi connectivity index (χ3n) is 6.12. The van der Waals surface area contributed by atoms with E-state index in [0.717, 1.165) is 6.54 Å². The number of rotatable bonds is 5. The smallest absolute Gasteiger partial charge is 0.337 e. The van der Waals surface area contributed by atoms with Crippen LogP contribution in [0.2, 0.25) is 0 Å². The summed E-state index contributed by atoms with van der Waals surface area (Å²) in [5.74, 6) is 0.688. The zero-order chi connectivity index (χ0) is 21.3. The molecular formula is C22H27N3O5. The molecule has 0 radical (unpaired) electrons. The molecule has 1 aliphatic carbocycles. The molecule has 0 bridgehead atoms. The molecule has 30 heavy (non-hydrogen) atoms. The van der Waals surface area contributed by atoms with Crippen LogP contribution in [0.25, 0.3) is 0 Å². The number of benzene rings is 1. The fraction of sp³-hybridized carbons (Fsp3) is 0.500. The van der Waals surface area contributed by atoms with Crippen molar-refractivity contribution in [2.24, 2.45) is 11.8 Å². The first kappa shape index (κ1) is 20.4. The highest BCUT2D eigenvalue weighted by atomic mass is 16.5. The first-order chi connectivity index (χ1) is 14.5. The van der Waals surface area contributed by atoms with Crippen molar-refractivity contribution in [3.8, 4) is 5.75 Å². The number of aliphatic hydroxyl groups is 1. The van der Waals surface area contributed by atoms with Crippen LogP contribution >= 0.6 is 0 Å². The number of hydrogen-bond donors (Lipinski definition) is 1. The third-order valence-corrected chi connectivity index (χ3v) is 6.12. The van der Waals surface area contributed by atoms with Crippen molar-refractivity contribution in [3.63, 3.8) is 0 Å². The topological polar surface area (TPSA) is 93.9 Å². The molecule has 1 aromatic heterocycles. The lowest BCUT2D eigenvalue weighted by Crippen LogP contribution is -2.42. The highest BCUT2D eigenvalue weighted by Crippen LogP contribution is 2.38. The Labute approximate surface area is 175 Å². The van der Waals surface area contributed by atoms with E-state index in [9.17, 15) is 14.7 Å². The van der Waals surface area contributed by atoms with E-state index in [1.54, 1.807) is 35.0 Å². The first-order valence-corrected chi connectivity index (χ1v) is 10.3. The number of ether oxygens (including phenoxy) is 2. The molecule has 160 valence electrons. The lowest BCUT2D eigenvalue weighted by Gasteiger charge is -2.35. The molecule has 0 spiro atoms. The standard InChI is InChI=1S/C22H27N3O5/c1-3-25-9-8-18(23-25)21(27)24-12-15-10-19(26)20(11-16(15)13-24)30-17-6-4-14(5-7-17)22(28)29-2/h4-9,15-16,19-20,26H,3,10-13H2,1-2H3/t15-,16+,19+,20+/m0/s1. The Morgan fingerprint density at radius 3 is 2.47 bits per heavy atom. The van der Waals surface area contributed by atoms with E-state index in [1.165, 1.54) is 7.11 Å². The maximum atomic E-state index is 12.8. The van der Waals surface area contributed by atoms with Gasteiger partial charge in [0.05, 0.1) is 18.8 Å². The van der Waals surface area contributed by atoms with Crippen molar-refractivity contribution in [1.29, 1.82) is 0 Å². The van der Waals surface area contributed by atoms with Gasteiger partial charge in [0, 0.05) is 25.8 Å². The van der Waals surface area contributed by atoms with Gasteiger partial charge in [-0.05, 0) is 61.9 Å². The van der Waals surface area contributed by atoms with Crippen LogP contribution in [0.15, 0.2) is 36.5 Å². The molecule has 1 N–H and O–H groups in total. The molecule has 4 atom stereocenters. The van der Waals surface area contributed by atoms with Crippen molar-refractivity contribution in [1.82, 2.24) is 14.7 Å². The minimum Gasteiger partial charge on any atom is -0.488 e. The summed E-state index contributed by atoms with van der Waals surface area (Å²) < 4.78 is 12.5. The highest BCUT2D eigenvalue weighted by Gasteiger charge is 2.44. The van der Waals surface area contributed by atoms with Crippen LogP contribution in [0.4, 0.5) is 0 Å². The zero-order valence-corrected chi connectivity index (χ0v) is 17.2. The van der Waals surface area contributed by atoms with Gasteiger partial charge in [-0.2, -0.15) is 5.10 Å². The SMILES string of the molecule is CCn1ccc(C(=O)N2C[C@H]3C[C@@H](Oc4ccc(C(=O)OC)cc4)[C@H](O)C[C@H]3C2)n1. The van der Waals surface area contributed by atoms with Crippen LogP contribution in [-0.2, 0) is 11.3 Å². The Hall–Kier alpha value is -2.87. The van der Waals surface area contributed by atoms with Crippen LogP contribution in [0, 0.1) is 11.8 Å². The van der Waals surface area contributed by atoms with E-state index in [4.69, 9.17) is 9.47 Å². The minimum absolute atomic E-state index is 0.0537. The van der Waals surface area contributed by atoms with Crippen LogP contribution in [-0.4, -0.2) is 64.1 Å². The third kappa shape index (κ3) is 4.05. The fourth-order valence-electron chi connectivity index (χ4n) is 4.46. The molecule has 0 unspecified atom stereocenters. The molecule has 1 saturated heterocycles. The summed E-state index contributed by atoms with van der Waals surface area (Å²) in [4.78, 5) is 26.2. The second kappa shape index (κ2) is 8.47. The highest BCUT2D eigenvalue weighted by molar-refractivity contribution is 5.92. The van der Waals surface area contributed by atoms with Crippen molar-refractivity contribution in [3.05, 3.63) is 47.8 Å². The number of aromatic nitrogens is 2. The average Bonchev–Trinajstić information content (AvgIpc) is 3.40. The average molecular weight is 413 g/mol. The Bertz CT molecular complexity index is 910. The maximum absolute atomic E-state index is 12.8. The molecular weight excluding hydrogens is 386 g/mol. The number of likely N-dealkylation sites (tertiary alicyclic amines) is 1. The van der Waals surface area contributed by atoms with Gasteiger partial charge in [-0.1, -0.05) is 0 Å². The second-order valence-electron chi connectivity index (χ2n) is 8.00. The molecule has 1 aliphatic heterocycles. The molecule has 1 saturated carbocycles. The summed E-state index contributed by atoms with van der Waals surface area (Å²) in [6.07, 6.45) is 2.15. The number of methoxy groups -OCH3 is 1. The largest absolute Gasteiger partial charge is 0.488 e. The summed E-state index contributed by atoms with van der Waals surface area (Å²) in [7, 11) is 1.34. The Balaban J connectivity index is 1.38. The van der Waals surface area contributed by atoms with Crippen molar-refractivity contribution < 1.29 is 24.2 Å². The molecule has 2 aromatic rings. The number of fused-ring (bicyclic) bond motifs is 1. The molecule has 2 aliphatic rings. The minimum atomic E-state index is -0.596. The van der Waals surface area contributed by atoms with E-state index < -0.39 is 12.1 Å². The van der Waals surface area contributed by atoms with E-state index in [1.807, 2.05) is 18.0 Å². The monoisotopic (exact) mass is 413 g/mol. The number of esters is 1. The van der Waals surface area contributed by atoms with Gasteiger partial charge >= 0.3 is 5.97 Å². The quantitative estimate of drug-likeness (QED) is 0.754. The lowest BCUT2D eigenvalue weighted by atomic mass is 9.78. The second-order valence-corrected chi connectivity index (χ2v) is 8.00. The van der Waals surface area contributed by atoms with Gasteiger partial charge in [0.25, 0.3) is 5.91 Å². The van der Waals surface area contributed by atoms with Gasteiger partial charge in [0.15, 0.2) is 0 Å². The number of hydrogen-bond acceptors (Lipinski definition) is 6. The maximum Gasteiger partial charge on any atom is 0.337 e. The molecule has 1 amide bonds. The van der Waals surface area contributed by atoms with Crippen molar-refractivity contribution in [2.45, 2.75) is 38.5 Å². The number of aryl methyl sites for hydroxylation is 1. The summed E-state index contributed by atoms with van der Waals surface area (Å²) in [6.45, 7) is 4.00. The van der Waals surface area contributed by atoms with Gasteiger partial charge < -0.3 is 19.5 Å². The van der Waals surface area contributed by atoms with Gasteiger partial charge in [-0.3, -0.25) is 9.48 Å². The predicted octanol–water partition coefficient (Wildman–Crippen LogP) is 1.98.